The minimum atomic E-state index is -0.0763. The molecule has 3 rings (SSSR count). The van der Waals surface area contributed by atoms with Crippen molar-refractivity contribution in [2.45, 2.75) is 20.3 Å². The van der Waals surface area contributed by atoms with Crippen LogP contribution in [0.5, 0.6) is 0 Å². The summed E-state index contributed by atoms with van der Waals surface area (Å²) < 4.78 is 1.09. The molecule has 0 saturated heterocycles. The molecule has 0 aromatic heterocycles. The molecule has 0 atom stereocenters. The van der Waals surface area contributed by atoms with E-state index in [1.807, 2.05) is 44.2 Å². The Balaban J connectivity index is 1.83. The van der Waals surface area contributed by atoms with E-state index in [-0.39, 0.29) is 5.91 Å². The number of fused-ring (bicyclic) bond motifs is 1. The number of carbonyl (C=O) groups is 1. The van der Waals surface area contributed by atoms with Crippen molar-refractivity contribution in [3.8, 4) is 0 Å². The molecule has 0 unspecified atom stereocenters. The van der Waals surface area contributed by atoms with Crippen LogP contribution in [-0.4, -0.2) is 12.5 Å². The number of carbonyl (C=O) groups excluding carboxylic acids is 1. The fourth-order valence-electron chi connectivity index (χ4n) is 2.65. The Kier molecular flexibility index (Phi) is 3.72. The fourth-order valence-corrected chi connectivity index (χ4v) is 2.88. The Labute approximate surface area is 132 Å². The number of hydrogen-bond donors (Lipinski definition) is 2. The highest BCUT2D eigenvalue weighted by atomic mass is 79.9. The highest BCUT2D eigenvalue weighted by molar-refractivity contribution is 9.10. The summed E-state index contributed by atoms with van der Waals surface area (Å²) in [7, 11) is 0. The second kappa shape index (κ2) is 5.53. The van der Waals surface area contributed by atoms with Crippen LogP contribution in [-0.2, 0) is 6.42 Å². The Morgan fingerprint density at radius 1 is 1.19 bits per heavy atom. The minimum absolute atomic E-state index is 0.0763. The number of benzene rings is 2. The lowest BCUT2D eigenvalue weighted by atomic mass is 10.1. The molecule has 1 amide bonds. The van der Waals surface area contributed by atoms with Crippen LogP contribution in [0, 0.1) is 13.8 Å². The van der Waals surface area contributed by atoms with E-state index in [2.05, 4.69) is 26.6 Å². The first-order valence-corrected chi connectivity index (χ1v) is 7.79. The van der Waals surface area contributed by atoms with Gasteiger partial charge in [-0.25, -0.2) is 0 Å². The molecule has 2 aromatic rings. The molecule has 0 bridgehead atoms. The first-order valence-electron chi connectivity index (χ1n) is 6.99. The lowest BCUT2D eigenvalue weighted by Crippen LogP contribution is -2.12. The molecule has 0 fully saturated rings. The highest BCUT2D eigenvalue weighted by Gasteiger charge is 2.14. The van der Waals surface area contributed by atoms with Crippen molar-refractivity contribution in [1.29, 1.82) is 0 Å². The first kappa shape index (κ1) is 14.1. The molecule has 2 N–H and O–H groups in total. The van der Waals surface area contributed by atoms with Crippen molar-refractivity contribution in [3.05, 3.63) is 57.1 Å². The molecule has 21 heavy (non-hydrogen) atoms. The van der Waals surface area contributed by atoms with Crippen LogP contribution in [0.1, 0.15) is 27.0 Å². The third kappa shape index (κ3) is 2.81. The van der Waals surface area contributed by atoms with Gasteiger partial charge in [0.2, 0.25) is 0 Å². The van der Waals surface area contributed by atoms with Crippen molar-refractivity contribution >= 4 is 33.2 Å². The first-order chi connectivity index (χ1) is 10.0. The van der Waals surface area contributed by atoms with Gasteiger partial charge < -0.3 is 10.6 Å². The summed E-state index contributed by atoms with van der Waals surface area (Å²) in [6.45, 7) is 4.99. The molecular formula is C17H17BrN2O. The van der Waals surface area contributed by atoms with Gasteiger partial charge in [-0.2, -0.15) is 0 Å². The Morgan fingerprint density at radius 2 is 1.90 bits per heavy atom. The van der Waals surface area contributed by atoms with Crippen LogP contribution in [0.15, 0.2) is 34.8 Å². The molecule has 0 saturated carbocycles. The molecule has 1 aliphatic heterocycles. The average Bonchev–Trinajstić information content (AvgIpc) is 2.91. The summed E-state index contributed by atoms with van der Waals surface area (Å²) >= 11 is 3.54. The number of amides is 1. The normalized spacial score (nSPS) is 12.7. The predicted octanol–water partition coefficient (Wildman–Crippen LogP) is 4.29. The van der Waals surface area contributed by atoms with Gasteiger partial charge in [-0.3, -0.25) is 4.79 Å². The molecule has 0 aliphatic carbocycles. The quantitative estimate of drug-likeness (QED) is 0.853. The van der Waals surface area contributed by atoms with Gasteiger partial charge >= 0.3 is 0 Å². The van der Waals surface area contributed by atoms with Gasteiger partial charge in [-0.15, -0.1) is 0 Å². The molecule has 2 aromatic carbocycles. The van der Waals surface area contributed by atoms with Crippen LogP contribution < -0.4 is 10.6 Å². The summed E-state index contributed by atoms with van der Waals surface area (Å²) in [6.07, 6.45) is 1.03. The van der Waals surface area contributed by atoms with Crippen LogP contribution in [0.3, 0.4) is 0 Å². The van der Waals surface area contributed by atoms with E-state index >= 15 is 0 Å². The third-order valence-electron chi connectivity index (χ3n) is 3.78. The van der Waals surface area contributed by atoms with Crippen molar-refractivity contribution < 1.29 is 4.79 Å². The van der Waals surface area contributed by atoms with E-state index in [1.165, 1.54) is 5.56 Å². The van der Waals surface area contributed by atoms with Gasteiger partial charge in [0.15, 0.2) is 0 Å². The third-order valence-corrected chi connectivity index (χ3v) is 5.03. The van der Waals surface area contributed by atoms with Gasteiger partial charge in [0, 0.05) is 28.0 Å². The van der Waals surface area contributed by atoms with Gasteiger partial charge in [0.1, 0.15) is 0 Å². The standard InChI is InChI=1S/C17H17BrN2O/c1-10-7-14(8-11(2)16(10)18)20-17(21)13-4-3-12-5-6-19-15(12)9-13/h3-4,7-9,19H,5-6H2,1-2H3,(H,20,21). The van der Waals surface area contributed by atoms with Crippen molar-refractivity contribution in [2.24, 2.45) is 0 Å². The predicted molar refractivity (Wildman–Crippen MR) is 90.2 cm³/mol. The Bertz CT molecular complexity index is 702. The van der Waals surface area contributed by atoms with E-state index in [0.717, 1.165) is 39.9 Å². The summed E-state index contributed by atoms with van der Waals surface area (Å²) in [5.74, 6) is -0.0763. The van der Waals surface area contributed by atoms with E-state index in [0.29, 0.717) is 5.56 Å². The number of anilines is 2. The number of halogens is 1. The summed E-state index contributed by atoms with van der Waals surface area (Å²) in [6, 6.07) is 9.79. The minimum Gasteiger partial charge on any atom is -0.384 e. The second-order valence-corrected chi connectivity index (χ2v) is 6.22. The number of aryl methyl sites for hydroxylation is 2. The maximum atomic E-state index is 12.4. The van der Waals surface area contributed by atoms with Crippen LogP contribution in [0.25, 0.3) is 0 Å². The lowest BCUT2D eigenvalue weighted by molar-refractivity contribution is 0.102. The fraction of sp³-hybridized carbons (Fsp3) is 0.235. The smallest absolute Gasteiger partial charge is 0.255 e. The summed E-state index contributed by atoms with van der Waals surface area (Å²) in [5.41, 5.74) is 6.09. The topological polar surface area (TPSA) is 41.1 Å². The van der Waals surface area contributed by atoms with Crippen LogP contribution >= 0.6 is 15.9 Å². The SMILES string of the molecule is Cc1cc(NC(=O)c2ccc3c(c2)NCC3)cc(C)c1Br. The lowest BCUT2D eigenvalue weighted by Gasteiger charge is -2.10. The zero-order valence-corrected chi connectivity index (χ0v) is 13.7. The van der Waals surface area contributed by atoms with Crippen molar-refractivity contribution in [1.82, 2.24) is 0 Å². The van der Waals surface area contributed by atoms with Gasteiger partial charge in [0.05, 0.1) is 0 Å². The molecule has 3 nitrogen and oxygen atoms in total. The van der Waals surface area contributed by atoms with E-state index < -0.39 is 0 Å². The summed E-state index contributed by atoms with van der Waals surface area (Å²) in [5, 5.41) is 6.27. The molecule has 1 heterocycles. The number of rotatable bonds is 2. The van der Waals surface area contributed by atoms with E-state index in [4.69, 9.17) is 0 Å². The Hall–Kier alpha value is -1.81. The van der Waals surface area contributed by atoms with Gasteiger partial charge in [0.25, 0.3) is 5.91 Å². The molecular weight excluding hydrogens is 328 g/mol. The zero-order valence-electron chi connectivity index (χ0n) is 12.1. The zero-order chi connectivity index (χ0) is 15.0. The monoisotopic (exact) mass is 344 g/mol. The molecule has 108 valence electrons. The van der Waals surface area contributed by atoms with Crippen molar-refractivity contribution in [2.75, 3.05) is 17.2 Å². The molecule has 0 spiro atoms. The number of hydrogen-bond acceptors (Lipinski definition) is 2. The molecule has 0 radical (unpaired) electrons. The van der Waals surface area contributed by atoms with Crippen LogP contribution in [0.4, 0.5) is 11.4 Å². The second-order valence-electron chi connectivity index (χ2n) is 5.43. The largest absolute Gasteiger partial charge is 0.384 e. The van der Waals surface area contributed by atoms with Gasteiger partial charge in [-0.05, 0) is 61.2 Å². The average molecular weight is 345 g/mol. The summed E-state index contributed by atoms with van der Waals surface area (Å²) in [4.78, 5) is 12.4. The maximum absolute atomic E-state index is 12.4. The van der Waals surface area contributed by atoms with Gasteiger partial charge in [-0.1, -0.05) is 22.0 Å². The van der Waals surface area contributed by atoms with Crippen molar-refractivity contribution in [3.63, 3.8) is 0 Å². The maximum Gasteiger partial charge on any atom is 0.255 e. The van der Waals surface area contributed by atoms with Crippen LogP contribution in [0.2, 0.25) is 0 Å². The molecule has 1 aliphatic rings. The highest BCUT2D eigenvalue weighted by Crippen LogP contribution is 2.26. The molecule has 4 heteroatoms. The van der Waals surface area contributed by atoms with E-state index in [9.17, 15) is 4.79 Å². The van der Waals surface area contributed by atoms with E-state index in [1.54, 1.807) is 0 Å². The Morgan fingerprint density at radius 3 is 2.62 bits per heavy atom. The number of nitrogens with one attached hydrogen (secondary N) is 2.